The van der Waals surface area contributed by atoms with Crippen LogP contribution in [0.25, 0.3) is 5.65 Å². The van der Waals surface area contributed by atoms with Crippen LogP contribution in [0.2, 0.25) is 5.15 Å². The number of sulfonamides is 1. The van der Waals surface area contributed by atoms with Crippen LogP contribution in [0, 0.1) is 0 Å². The second-order valence-electron chi connectivity index (χ2n) is 8.28. The molecule has 9 heteroatoms. The van der Waals surface area contributed by atoms with Crippen LogP contribution in [0.5, 0.6) is 0 Å². The van der Waals surface area contributed by atoms with Gasteiger partial charge in [0.1, 0.15) is 6.34 Å². The van der Waals surface area contributed by atoms with Gasteiger partial charge in [0, 0.05) is 18.0 Å². The molecule has 7 nitrogen and oxygen atoms in total. The number of hydrogen-bond acceptors (Lipinski definition) is 4. The van der Waals surface area contributed by atoms with Gasteiger partial charge < -0.3 is 4.90 Å². The van der Waals surface area contributed by atoms with Gasteiger partial charge in [0.25, 0.3) is 0 Å². The maximum atomic E-state index is 13.0. The Balaban J connectivity index is 1.94. The number of halogens is 1. The topological polar surface area (TPSA) is 79.9 Å². The Labute approximate surface area is 171 Å². The maximum absolute atomic E-state index is 13.0. The molecule has 1 aliphatic rings. The molecule has 1 aliphatic carbocycles. The Morgan fingerprint density at radius 1 is 1.32 bits per heavy atom. The Morgan fingerprint density at radius 2 is 2.04 bits per heavy atom. The van der Waals surface area contributed by atoms with E-state index >= 15 is 0 Å². The zero-order valence-corrected chi connectivity index (χ0v) is 18.5. The molecule has 1 fully saturated rings. The quantitative estimate of drug-likeness (QED) is 0.358. The maximum Gasteiger partial charge on any atom is 0.304 e. The molecule has 3 rings (SSSR count). The Bertz CT molecular complexity index is 974. The molecule has 154 valence electrons. The average molecular weight is 426 g/mol. The van der Waals surface area contributed by atoms with Crippen LogP contribution in [0.3, 0.4) is 0 Å². The molecule has 2 aromatic rings. The fraction of sp³-hybridized carbons (Fsp3) is 0.632. The SMILES string of the molecule is CCCCCN(/C=N/S(=O)(=O)c1c(Cl)nc2ccc(C3CC3)nn12)C(C)(C)C. The van der Waals surface area contributed by atoms with Gasteiger partial charge in [-0.3, -0.25) is 0 Å². The lowest BCUT2D eigenvalue weighted by molar-refractivity contribution is 0.241. The molecule has 0 spiro atoms. The van der Waals surface area contributed by atoms with Crippen LogP contribution < -0.4 is 0 Å². The van der Waals surface area contributed by atoms with Crippen molar-refractivity contribution < 1.29 is 8.42 Å². The Kier molecular flexibility index (Phi) is 6.00. The van der Waals surface area contributed by atoms with Crippen LogP contribution >= 0.6 is 11.6 Å². The standard InChI is InChI=1S/C19H28ClN5O2S/c1-5-6-7-12-24(19(2,3)4)13-21-28(26,27)18-17(20)22-16-11-10-15(14-8-9-14)23-25(16)18/h10-11,13-14H,5-9,12H2,1-4H3/b21-13+. The smallest absolute Gasteiger partial charge is 0.304 e. The highest BCUT2D eigenvalue weighted by Gasteiger charge is 2.29. The molecule has 0 N–H and O–H groups in total. The molecule has 2 aromatic heterocycles. The predicted molar refractivity (Wildman–Crippen MR) is 112 cm³/mol. The number of imidazole rings is 1. The first-order valence-electron chi connectivity index (χ1n) is 9.76. The predicted octanol–water partition coefficient (Wildman–Crippen LogP) is 4.27. The number of nitrogens with zero attached hydrogens (tertiary/aromatic N) is 5. The van der Waals surface area contributed by atoms with E-state index in [0.717, 1.165) is 44.3 Å². The molecule has 0 radical (unpaired) electrons. The van der Waals surface area contributed by atoms with Crippen molar-refractivity contribution in [1.29, 1.82) is 0 Å². The summed E-state index contributed by atoms with van der Waals surface area (Å²) in [7, 11) is -4.05. The van der Waals surface area contributed by atoms with E-state index < -0.39 is 10.0 Å². The van der Waals surface area contributed by atoms with Crippen molar-refractivity contribution in [1.82, 2.24) is 19.5 Å². The summed E-state index contributed by atoms with van der Waals surface area (Å²) in [6.45, 7) is 8.96. The molecule has 0 aliphatic heterocycles. The molecule has 0 atom stereocenters. The summed E-state index contributed by atoms with van der Waals surface area (Å²) < 4.78 is 31.2. The minimum Gasteiger partial charge on any atom is -0.357 e. The van der Waals surface area contributed by atoms with Crippen LogP contribution in [0.1, 0.15) is 71.4 Å². The first kappa shape index (κ1) is 21.0. The molecule has 0 amide bonds. The van der Waals surface area contributed by atoms with Crippen LogP contribution in [-0.4, -0.2) is 46.3 Å². The summed E-state index contributed by atoms with van der Waals surface area (Å²) in [5.41, 5.74) is 1.02. The minimum absolute atomic E-state index is 0.106. The van der Waals surface area contributed by atoms with E-state index in [2.05, 4.69) is 21.4 Å². The summed E-state index contributed by atoms with van der Waals surface area (Å²) in [5.74, 6) is 0.388. The highest BCUT2D eigenvalue weighted by atomic mass is 35.5. The second-order valence-corrected chi connectivity index (χ2v) is 10.2. The number of unbranched alkanes of at least 4 members (excludes halogenated alkanes) is 2. The van der Waals surface area contributed by atoms with Gasteiger partial charge in [-0.25, -0.2) is 4.98 Å². The molecular formula is C19H28ClN5O2S. The number of hydrogen-bond donors (Lipinski definition) is 0. The first-order valence-corrected chi connectivity index (χ1v) is 11.6. The fourth-order valence-electron chi connectivity index (χ4n) is 2.98. The summed E-state index contributed by atoms with van der Waals surface area (Å²) in [6.07, 6.45) is 6.70. The summed E-state index contributed by atoms with van der Waals surface area (Å²) in [5, 5.41) is 4.18. The molecular weight excluding hydrogens is 398 g/mol. The largest absolute Gasteiger partial charge is 0.357 e. The van der Waals surface area contributed by atoms with Crippen molar-refractivity contribution in [3.8, 4) is 0 Å². The lowest BCUT2D eigenvalue weighted by Gasteiger charge is -2.33. The molecule has 0 unspecified atom stereocenters. The van der Waals surface area contributed by atoms with Crippen LogP contribution in [0.4, 0.5) is 0 Å². The third kappa shape index (κ3) is 4.66. The zero-order chi connectivity index (χ0) is 20.5. The summed E-state index contributed by atoms with van der Waals surface area (Å²) >= 11 is 6.17. The van der Waals surface area contributed by atoms with E-state index in [0.29, 0.717) is 11.6 Å². The molecule has 0 bridgehead atoms. The zero-order valence-electron chi connectivity index (χ0n) is 16.9. The van der Waals surface area contributed by atoms with Crippen molar-refractivity contribution in [3.05, 3.63) is 23.0 Å². The van der Waals surface area contributed by atoms with E-state index in [1.807, 2.05) is 31.7 Å². The van der Waals surface area contributed by atoms with Crippen LogP contribution in [0.15, 0.2) is 21.6 Å². The molecule has 28 heavy (non-hydrogen) atoms. The van der Waals surface area contributed by atoms with E-state index in [4.69, 9.17) is 11.6 Å². The molecule has 0 saturated heterocycles. The minimum atomic E-state index is -4.05. The van der Waals surface area contributed by atoms with Gasteiger partial charge in [0.15, 0.2) is 10.8 Å². The van der Waals surface area contributed by atoms with Gasteiger partial charge in [0.2, 0.25) is 5.03 Å². The van der Waals surface area contributed by atoms with Crippen molar-refractivity contribution in [2.24, 2.45) is 4.40 Å². The number of rotatable bonds is 8. The van der Waals surface area contributed by atoms with Gasteiger partial charge in [-0.2, -0.15) is 18.0 Å². The van der Waals surface area contributed by atoms with Crippen molar-refractivity contribution in [2.75, 3.05) is 6.54 Å². The summed E-state index contributed by atoms with van der Waals surface area (Å²) in [6, 6.07) is 3.63. The lowest BCUT2D eigenvalue weighted by atomic mass is 10.1. The van der Waals surface area contributed by atoms with E-state index in [1.54, 1.807) is 6.07 Å². The number of aromatic nitrogens is 3. The van der Waals surface area contributed by atoms with E-state index in [1.165, 1.54) is 10.9 Å². The fourth-order valence-corrected chi connectivity index (χ4v) is 4.39. The first-order chi connectivity index (χ1) is 13.1. The Hall–Kier alpha value is -1.67. The van der Waals surface area contributed by atoms with E-state index in [-0.39, 0.29) is 15.7 Å². The molecule has 1 saturated carbocycles. The van der Waals surface area contributed by atoms with Gasteiger partial charge in [-0.05, 0) is 52.2 Å². The highest BCUT2D eigenvalue weighted by molar-refractivity contribution is 7.90. The molecule has 2 heterocycles. The van der Waals surface area contributed by atoms with Crippen molar-refractivity contribution in [2.45, 2.75) is 76.3 Å². The lowest BCUT2D eigenvalue weighted by Crippen LogP contribution is -2.41. The van der Waals surface area contributed by atoms with Crippen LogP contribution in [-0.2, 0) is 10.0 Å². The van der Waals surface area contributed by atoms with Crippen molar-refractivity contribution in [3.63, 3.8) is 0 Å². The average Bonchev–Trinajstić information content (AvgIpc) is 3.38. The van der Waals surface area contributed by atoms with Gasteiger partial charge in [-0.1, -0.05) is 31.4 Å². The third-order valence-corrected chi connectivity index (χ3v) is 6.45. The molecule has 0 aromatic carbocycles. The van der Waals surface area contributed by atoms with E-state index in [9.17, 15) is 8.42 Å². The number of fused-ring (bicyclic) bond motifs is 1. The monoisotopic (exact) mass is 425 g/mol. The Morgan fingerprint density at radius 3 is 2.64 bits per heavy atom. The van der Waals surface area contributed by atoms with Gasteiger partial charge >= 0.3 is 10.0 Å². The van der Waals surface area contributed by atoms with Gasteiger partial charge in [-0.15, -0.1) is 4.40 Å². The summed E-state index contributed by atoms with van der Waals surface area (Å²) in [4.78, 5) is 6.08. The normalized spacial score (nSPS) is 15.6. The van der Waals surface area contributed by atoms with Crippen molar-refractivity contribution >= 4 is 33.6 Å². The highest BCUT2D eigenvalue weighted by Crippen LogP contribution is 2.39. The second kappa shape index (κ2) is 7.99. The third-order valence-electron chi connectivity index (χ3n) is 4.85. The van der Waals surface area contributed by atoms with Gasteiger partial charge in [0.05, 0.1) is 5.69 Å².